The Bertz CT molecular complexity index is 648. The Morgan fingerprint density at radius 3 is 2.76 bits per heavy atom. The molecule has 1 heterocycles. The van der Waals surface area contributed by atoms with Crippen LogP contribution in [-0.4, -0.2) is 60.4 Å². The summed E-state index contributed by atoms with van der Waals surface area (Å²) in [4.78, 5) is 28.7. The summed E-state index contributed by atoms with van der Waals surface area (Å²) in [6.45, 7) is 10.2. The van der Waals surface area contributed by atoms with E-state index in [0.29, 0.717) is 37.3 Å². The minimum absolute atomic E-state index is 0.0333. The largest absolute Gasteiger partial charge is 0.351 e. The second-order valence-corrected chi connectivity index (χ2v) is 6.35. The number of amides is 2. The van der Waals surface area contributed by atoms with Gasteiger partial charge >= 0.3 is 0 Å². The zero-order valence-corrected chi connectivity index (χ0v) is 14.9. The van der Waals surface area contributed by atoms with E-state index in [4.69, 9.17) is 0 Å². The molecular weight excluding hydrogens is 321 g/mol. The van der Waals surface area contributed by atoms with E-state index in [2.05, 4.69) is 16.8 Å². The molecule has 1 unspecified atom stereocenters. The van der Waals surface area contributed by atoms with E-state index in [0.717, 1.165) is 13.0 Å². The van der Waals surface area contributed by atoms with E-state index < -0.39 is 0 Å². The van der Waals surface area contributed by atoms with Crippen LogP contribution in [0.15, 0.2) is 30.9 Å². The fourth-order valence-electron chi connectivity index (χ4n) is 3.05. The second kappa shape index (κ2) is 8.76. The molecular formula is C19H26FN3O2. The first kappa shape index (κ1) is 19.1. The molecule has 1 saturated heterocycles. The van der Waals surface area contributed by atoms with Crippen molar-refractivity contribution in [3.8, 4) is 0 Å². The van der Waals surface area contributed by atoms with Gasteiger partial charge in [0.15, 0.2) is 0 Å². The molecule has 1 atom stereocenters. The van der Waals surface area contributed by atoms with Gasteiger partial charge in [0.25, 0.3) is 5.91 Å². The quantitative estimate of drug-likeness (QED) is 0.829. The number of benzene rings is 1. The van der Waals surface area contributed by atoms with Crippen molar-refractivity contribution in [1.29, 1.82) is 0 Å². The summed E-state index contributed by atoms with van der Waals surface area (Å²) in [6.07, 6.45) is 2.45. The fraction of sp³-hybridized carbons (Fsp3) is 0.474. The summed E-state index contributed by atoms with van der Waals surface area (Å²) < 4.78 is 13.2. The minimum Gasteiger partial charge on any atom is -0.351 e. The van der Waals surface area contributed by atoms with Crippen LogP contribution in [0.3, 0.4) is 0 Å². The molecule has 1 N–H and O–H groups in total. The fourth-order valence-corrected chi connectivity index (χ4v) is 3.05. The normalized spacial score (nSPS) is 16.8. The second-order valence-electron chi connectivity index (χ2n) is 6.35. The topological polar surface area (TPSA) is 52.7 Å². The van der Waals surface area contributed by atoms with E-state index in [1.807, 2.05) is 6.92 Å². The summed E-state index contributed by atoms with van der Waals surface area (Å²) >= 11 is 0. The number of hydrogen-bond acceptors (Lipinski definition) is 3. The lowest BCUT2D eigenvalue weighted by molar-refractivity contribution is -0.125. The van der Waals surface area contributed by atoms with Crippen molar-refractivity contribution in [3.05, 3.63) is 47.8 Å². The molecule has 2 rings (SSSR count). The third-order valence-electron chi connectivity index (χ3n) is 4.58. The van der Waals surface area contributed by atoms with Crippen molar-refractivity contribution in [1.82, 2.24) is 15.1 Å². The molecule has 1 aliphatic rings. The zero-order valence-electron chi connectivity index (χ0n) is 14.9. The van der Waals surface area contributed by atoms with Gasteiger partial charge in [0.1, 0.15) is 5.82 Å². The van der Waals surface area contributed by atoms with Crippen LogP contribution in [0.25, 0.3) is 0 Å². The molecule has 1 aliphatic heterocycles. The highest BCUT2D eigenvalue weighted by molar-refractivity contribution is 5.95. The Hall–Kier alpha value is -2.21. The lowest BCUT2D eigenvalue weighted by Gasteiger charge is -2.27. The lowest BCUT2D eigenvalue weighted by atomic mass is 10.1. The highest BCUT2D eigenvalue weighted by Crippen LogP contribution is 2.15. The van der Waals surface area contributed by atoms with Gasteiger partial charge in [-0.1, -0.05) is 6.08 Å². The van der Waals surface area contributed by atoms with Gasteiger partial charge in [0, 0.05) is 38.3 Å². The Balaban J connectivity index is 1.99. The summed E-state index contributed by atoms with van der Waals surface area (Å²) in [5.74, 6) is -0.451. The maximum Gasteiger partial charge on any atom is 0.254 e. The third kappa shape index (κ3) is 4.89. The third-order valence-corrected chi connectivity index (χ3v) is 4.58. The van der Waals surface area contributed by atoms with Gasteiger partial charge < -0.3 is 10.2 Å². The first-order valence-electron chi connectivity index (χ1n) is 8.62. The maximum atomic E-state index is 13.2. The Morgan fingerprint density at radius 2 is 2.08 bits per heavy atom. The van der Waals surface area contributed by atoms with Crippen LogP contribution in [0.1, 0.15) is 29.3 Å². The predicted octanol–water partition coefficient (Wildman–Crippen LogP) is 1.97. The molecule has 2 amide bonds. The standard InChI is InChI=1S/C19H26FN3O2/c1-4-8-21-18(24)15(3)22-9-5-10-23(12-11-22)19(25)17-7-6-16(20)13-14(17)2/h4,6-7,13,15H,1,5,8-12H2,2-3H3,(H,21,24). The SMILES string of the molecule is C=CCNC(=O)C(C)N1CCCN(C(=O)c2ccc(F)cc2C)CC1. The molecule has 136 valence electrons. The lowest BCUT2D eigenvalue weighted by Crippen LogP contribution is -2.46. The van der Waals surface area contributed by atoms with Crippen LogP contribution < -0.4 is 5.32 Å². The smallest absolute Gasteiger partial charge is 0.254 e. The van der Waals surface area contributed by atoms with Gasteiger partial charge in [-0.2, -0.15) is 0 Å². The number of nitrogens with zero attached hydrogens (tertiary/aromatic N) is 2. The first-order valence-corrected chi connectivity index (χ1v) is 8.62. The molecule has 0 aliphatic carbocycles. The van der Waals surface area contributed by atoms with Crippen LogP contribution in [0.5, 0.6) is 0 Å². The van der Waals surface area contributed by atoms with Crippen molar-refractivity contribution in [3.63, 3.8) is 0 Å². The van der Waals surface area contributed by atoms with E-state index in [-0.39, 0.29) is 23.7 Å². The maximum absolute atomic E-state index is 13.2. The van der Waals surface area contributed by atoms with E-state index in [1.54, 1.807) is 24.0 Å². The number of rotatable bonds is 5. The molecule has 25 heavy (non-hydrogen) atoms. The monoisotopic (exact) mass is 347 g/mol. The highest BCUT2D eigenvalue weighted by atomic mass is 19.1. The molecule has 0 saturated carbocycles. The molecule has 0 aromatic heterocycles. The summed E-state index contributed by atoms with van der Waals surface area (Å²) in [7, 11) is 0. The van der Waals surface area contributed by atoms with Crippen molar-refractivity contribution < 1.29 is 14.0 Å². The van der Waals surface area contributed by atoms with Crippen molar-refractivity contribution >= 4 is 11.8 Å². The summed E-state index contributed by atoms with van der Waals surface area (Å²) in [6, 6.07) is 3.99. The number of nitrogens with one attached hydrogen (secondary N) is 1. The Morgan fingerprint density at radius 1 is 1.32 bits per heavy atom. The van der Waals surface area contributed by atoms with Crippen LogP contribution in [0.4, 0.5) is 4.39 Å². The van der Waals surface area contributed by atoms with Gasteiger partial charge in [0.2, 0.25) is 5.91 Å². The molecule has 6 heteroatoms. The molecule has 0 radical (unpaired) electrons. The minimum atomic E-state index is -0.338. The number of aryl methyl sites for hydroxylation is 1. The van der Waals surface area contributed by atoms with E-state index >= 15 is 0 Å². The van der Waals surface area contributed by atoms with Gasteiger partial charge in [-0.05, 0) is 44.0 Å². The van der Waals surface area contributed by atoms with Crippen LogP contribution in [0.2, 0.25) is 0 Å². The van der Waals surface area contributed by atoms with E-state index in [1.165, 1.54) is 12.1 Å². The van der Waals surface area contributed by atoms with Gasteiger partial charge in [-0.25, -0.2) is 4.39 Å². The highest BCUT2D eigenvalue weighted by Gasteiger charge is 2.26. The Kier molecular flexibility index (Phi) is 6.70. The average molecular weight is 347 g/mol. The Labute approximate surface area is 148 Å². The first-order chi connectivity index (χ1) is 11.9. The van der Waals surface area contributed by atoms with E-state index in [9.17, 15) is 14.0 Å². The summed E-state index contributed by atoms with van der Waals surface area (Å²) in [5, 5.41) is 2.81. The summed E-state index contributed by atoms with van der Waals surface area (Å²) in [5.41, 5.74) is 1.18. The van der Waals surface area contributed by atoms with Gasteiger partial charge in [0.05, 0.1) is 6.04 Å². The number of carbonyl (C=O) groups is 2. The number of hydrogen-bond donors (Lipinski definition) is 1. The van der Waals surface area contributed by atoms with Gasteiger partial charge in [-0.3, -0.25) is 14.5 Å². The molecule has 1 fully saturated rings. The molecule has 0 spiro atoms. The van der Waals surface area contributed by atoms with Crippen LogP contribution >= 0.6 is 0 Å². The number of carbonyl (C=O) groups excluding carboxylic acids is 2. The molecule has 1 aromatic rings. The van der Waals surface area contributed by atoms with Crippen molar-refractivity contribution in [2.24, 2.45) is 0 Å². The van der Waals surface area contributed by atoms with Crippen molar-refractivity contribution in [2.45, 2.75) is 26.3 Å². The molecule has 5 nitrogen and oxygen atoms in total. The zero-order chi connectivity index (χ0) is 18.4. The molecule has 1 aromatic carbocycles. The number of halogens is 1. The average Bonchev–Trinajstić information content (AvgIpc) is 2.84. The molecule has 0 bridgehead atoms. The van der Waals surface area contributed by atoms with Crippen LogP contribution in [0, 0.1) is 12.7 Å². The van der Waals surface area contributed by atoms with Crippen LogP contribution in [-0.2, 0) is 4.79 Å². The van der Waals surface area contributed by atoms with Crippen molar-refractivity contribution in [2.75, 3.05) is 32.7 Å². The van der Waals surface area contributed by atoms with Gasteiger partial charge in [-0.15, -0.1) is 6.58 Å². The predicted molar refractivity (Wildman–Crippen MR) is 95.9 cm³/mol.